The van der Waals surface area contributed by atoms with E-state index < -0.39 is 15.6 Å². The van der Waals surface area contributed by atoms with E-state index in [0.717, 1.165) is 0 Å². The van der Waals surface area contributed by atoms with E-state index >= 15 is 0 Å². The van der Waals surface area contributed by atoms with E-state index in [9.17, 15) is 8.42 Å². The Morgan fingerprint density at radius 2 is 2.10 bits per heavy atom. The summed E-state index contributed by atoms with van der Waals surface area (Å²) in [6.45, 7) is 3.66. The van der Waals surface area contributed by atoms with Crippen molar-refractivity contribution in [3.63, 3.8) is 0 Å². The summed E-state index contributed by atoms with van der Waals surface area (Å²) in [7, 11) is -2.26. The molecule has 0 amide bonds. The summed E-state index contributed by atoms with van der Waals surface area (Å²) in [5.41, 5.74) is 5.24. The van der Waals surface area contributed by atoms with Crippen LogP contribution in [0.25, 0.3) is 0 Å². The number of halogens is 1. The van der Waals surface area contributed by atoms with Gasteiger partial charge in [-0.15, -0.1) is 0 Å². The summed E-state index contributed by atoms with van der Waals surface area (Å²) in [4.78, 5) is 0.131. The zero-order valence-electron chi connectivity index (χ0n) is 11.4. The number of thiocarbonyl (C=S) groups is 1. The molecule has 5 nitrogen and oxygen atoms in total. The van der Waals surface area contributed by atoms with Gasteiger partial charge in [-0.2, -0.15) is 0 Å². The molecule has 8 heteroatoms. The van der Waals surface area contributed by atoms with E-state index in [1.807, 2.05) is 0 Å². The van der Waals surface area contributed by atoms with Gasteiger partial charge in [0.05, 0.1) is 17.2 Å². The number of sulfonamides is 1. The van der Waals surface area contributed by atoms with Crippen LogP contribution in [-0.2, 0) is 14.8 Å². The van der Waals surface area contributed by atoms with E-state index in [2.05, 4.69) is 4.72 Å². The van der Waals surface area contributed by atoms with Crippen molar-refractivity contribution in [2.75, 3.05) is 13.7 Å². The van der Waals surface area contributed by atoms with Crippen molar-refractivity contribution in [1.82, 2.24) is 4.72 Å². The predicted octanol–water partition coefficient (Wildman–Crippen LogP) is 1.68. The Morgan fingerprint density at radius 3 is 2.55 bits per heavy atom. The highest BCUT2D eigenvalue weighted by Gasteiger charge is 2.27. The molecule has 1 aromatic rings. The molecule has 20 heavy (non-hydrogen) atoms. The lowest BCUT2D eigenvalue weighted by atomic mass is 10.1. The Balaban J connectivity index is 3.14. The van der Waals surface area contributed by atoms with Gasteiger partial charge < -0.3 is 10.5 Å². The quantitative estimate of drug-likeness (QED) is 0.772. The van der Waals surface area contributed by atoms with Gasteiger partial charge in [-0.1, -0.05) is 29.9 Å². The van der Waals surface area contributed by atoms with Crippen molar-refractivity contribution in [3.05, 3.63) is 28.8 Å². The number of hydrogen-bond acceptors (Lipinski definition) is 4. The zero-order valence-corrected chi connectivity index (χ0v) is 13.8. The Kier molecular flexibility index (Phi) is 5.51. The number of rotatable bonds is 6. The largest absolute Gasteiger partial charge is 0.389 e. The van der Waals surface area contributed by atoms with Crippen molar-refractivity contribution in [2.24, 2.45) is 5.73 Å². The summed E-state index contributed by atoms with van der Waals surface area (Å²) >= 11 is 10.8. The third-order valence-corrected chi connectivity index (χ3v) is 4.84. The van der Waals surface area contributed by atoms with E-state index in [4.69, 9.17) is 34.3 Å². The van der Waals surface area contributed by atoms with E-state index in [-0.39, 0.29) is 21.5 Å². The highest BCUT2D eigenvalue weighted by molar-refractivity contribution is 7.89. The number of ether oxygens (including phenoxy) is 1. The van der Waals surface area contributed by atoms with Crippen LogP contribution in [0.3, 0.4) is 0 Å². The lowest BCUT2D eigenvalue weighted by Crippen LogP contribution is -2.46. The molecule has 1 aromatic carbocycles. The van der Waals surface area contributed by atoms with Gasteiger partial charge >= 0.3 is 0 Å². The molecule has 0 aliphatic rings. The molecule has 0 aliphatic carbocycles. The molecule has 3 N–H and O–H groups in total. The van der Waals surface area contributed by atoms with Crippen molar-refractivity contribution >= 4 is 38.8 Å². The topological polar surface area (TPSA) is 81.4 Å². The van der Waals surface area contributed by atoms with Gasteiger partial charge in [-0.3, -0.25) is 0 Å². The second-order valence-electron chi connectivity index (χ2n) is 4.93. The van der Waals surface area contributed by atoms with Crippen molar-refractivity contribution in [1.29, 1.82) is 0 Å². The molecule has 0 saturated carbocycles. The van der Waals surface area contributed by atoms with Gasteiger partial charge in [0.1, 0.15) is 9.88 Å². The van der Waals surface area contributed by atoms with E-state index in [0.29, 0.717) is 5.56 Å². The van der Waals surface area contributed by atoms with E-state index in [1.54, 1.807) is 13.8 Å². The molecule has 0 spiro atoms. The summed E-state index contributed by atoms with van der Waals surface area (Å²) in [5, 5.41) is 0.0658. The molecule has 0 fully saturated rings. The fraction of sp³-hybridized carbons (Fsp3) is 0.417. The van der Waals surface area contributed by atoms with Crippen LogP contribution in [0.4, 0.5) is 0 Å². The monoisotopic (exact) mass is 336 g/mol. The average Bonchev–Trinajstić information content (AvgIpc) is 2.26. The molecule has 0 saturated heterocycles. The van der Waals surface area contributed by atoms with Gasteiger partial charge in [-0.25, -0.2) is 13.1 Å². The number of methoxy groups -OCH3 is 1. The zero-order chi connectivity index (χ0) is 15.6. The predicted molar refractivity (Wildman–Crippen MR) is 83.6 cm³/mol. The molecule has 1 rings (SSSR count). The minimum atomic E-state index is -3.76. The molecule has 0 radical (unpaired) electrons. The van der Waals surface area contributed by atoms with Gasteiger partial charge in [0.25, 0.3) is 0 Å². The van der Waals surface area contributed by atoms with E-state index in [1.165, 1.54) is 25.3 Å². The van der Waals surface area contributed by atoms with Crippen LogP contribution in [0.15, 0.2) is 23.1 Å². The standard InChI is InChI=1S/C12H17ClN2O3S2/c1-12(2,7-18-3)15-20(16,17)10-5-4-8(11(14)19)6-9(10)13/h4-6,15H,7H2,1-3H3,(H2,14,19). The maximum Gasteiger partial charge on any atom is 0.242 e. The molecule has 112 valence electrons. The van der Waals surface area contributed by atoms with Gasteiger partial charge in [0.2, 0.25) is 10.0 Å². The van der Waals surface area contributed by atoms with Crippen LogP contribution >= 0.6 is 23.8 Å². The lowest BCUT2D eigenvalue weighted by molar-refractivity contribution is 0.141. The van der Waals surface area contributed by atoms with Crippen LogP contribution in [0.1, 0.15) is 19.4 Å². The van der Waals surface area contributed by atoms with Crippen LogP contribution in [0, 0.1) is 0 Å². The number of nitrogens with two attached hydrogens (primary N) is 1. The Bertz CT molecular complexity index is 615. The fourth-order valence-electron chi connectivity index (χ4n) is 1.68. The molecule has 0 atom stereocenters. The third-order valence-electron chi connectivity index (χ3n) is 2.42. The Hall–Kier alpha value is -0.730. The Morgan fingerprint density at radius 1 is 1.50 bits per heavy atom. The van der Waals surface area contributed by atoms with Gasteiger partial charge in [-0.05, 0) is 26.0 Å². The first kappa shape index (κ1) is 17.3. The normalized spacial score (nSPS) is 12.4. The molecule has 0 unspecified atom stereocenters. The number of benzene rings is 1. The molecular formula is C12H17ClN2O3S2. The second-order valence-corrected chi connectivity index (χ2v) is 7.43. The third kappa shape index (κ3) is 4.39. The number of nitrogens with one attached hydrogen (secondary N) is 1. The van der Waals surface area contributed by atoms with Crippen LogP contribution < -0.4 is 10.5 Å². The minimum absolute atomic E-state index is 0.0247. The summed E-state index contributed by atoms with van der Waals surface area (Å²) in [5.74, 6) is 0. The molecule has 0 aromatic heterocycles. The van der Waals surface area contributed by atoms with Crippen molar-refractivity contribution in [2.45, 2.75) is 24.3 Å². The van der Waals surface area contributed by atoms with Gasteiger partial charge in [0.15, 0.2) is 0 Å². The first-order chi connectivity index (χ1) is 9.09. The SMILES string of the molecule is COCC(C)(C)NS(=O)(=O)c1ccc(C(N)=S)cc1Cl. The maximum atomic E-state index is 12.3. The first-order valence-corrected chi connectivity index (χ1v) is 7.98. The summed E-state index contributed by atoms with van der Waals surface area (Å²) < 4.78 is 32.1. The maximum absolute atomic E-state index is 12.3. The summed E-state index contributed by atoms with van der Waals surface area (Å²) in [6, 6.07) is 4.33. The Labute approximate surface area is 129 Å². The van der Waals surface area contributed by atoms with Crippen LogP contribution in [0.5, 0.6) is 0 Å². The average molecular weight is 337 g/mol. The smallest absolute Gasteiger partial charge is 0.242 e. The molecule has 0 aliphatic heterocycles. The summed E-state index contributed by atoms with van der Waals surface area (Å²) in [6.07, 6.45) is 0. The number of hydrogen-bond donors (Lipinski definition) is 2. The van der Waals surface area contributed by atoms with Gasteiger partial charge in [0, 0.05) is 12.7 Å². The molecule has 0 heterocycles. The highest BCUT2D eigenvalue weighted by atomic mass is 35.5. The fourth-order valence-corrected chi connectivity index (χ4v) is 3.75. The lowest BCUT2D eigenvalue weighted by Gasteiger charge is -2.25. The van der Waals surface area contributed by atoms with Crippen LogP contribution in [-0.4, -0.2) is 32.7 Å². The molecular weight excluding hydrogens is 320 g/mol. The van der Waals surface area contributed by atoms with Crippen LogP contribution in [0.2, 0.25) is 5.02 Å². The van der Waals surface area contributed by atoms with Crippen molar-refractivity contribution in [3.8, 4) is 0 Å². The minimum Gasteiger partial charge on any atom is -0.389 e. The molecule has 0 bridgehead atoms. The second kappa shape index (κ2) is 6.36. The van der Waals surface area contributed by atoms with Crippen molar-refractivity contribution < 1.29 is 13.2 Å². The highest BCUT2D eigenvalue weighted by Crippen LogP contribution is 2.24. The first-order valence-electron chi connectivity index (χ1n) is 5.71.